The summed E-state index contributed by atoms with van der Waals surface area (Å²) in [6, 6.07) is 8.47. The Hall–Kier alpha value is -1.70. The number of para-hydroxylation sites is 1. The molecule has 3 rings (SSSR count). The van der Waals surface area contributed by atoms with Crippen LogP contribution in [0.3, 0.4) is 0 Å². The van der Waals surface area contributed by atoms with Gasteiger partial charge in [-0.1, -0.05) is 30.4 Å². The number of hydrogen-bond acceptors (Lipinski definition) is 2. The van der Waals surface area contributed by atoms with E-state index in [0.717, 1.165) is 0 Å². The highest BCUT2D eigenvalue weighted by Gasteiger charge is 2.29. The average molecular weight is 184 g/mol. The first-order chi connectivity index (χ1) is 6.95. The van der Waals surface area contributed by atoms with Gasteiger partial charge in [0, 0.05) is 11.6 Å². The molecular weight excluding hydrogens is 172 g/mol. The van der Waals surface area contributed by atoms with Crippen LogP contribution < -0.4 is 10.6 Å². The highest BCUT2D eigenvalue weighted by Crippen LogP contribution is 2.36. The zero-order chi connectivity index (χ0) is 9.38. The number of fused-ring (bicyclic) bond motifs is 3. The lowest BCUT2D eigenvalue weighted by atomic mass is 9.99. The molecule has 70 valence electrons. The summed E-state index contributed by atoms with van der Waals surface area (Å²) in [5, 5.41) is 6.80. The van der Waals surface area contributed by atoms with E-state index in [2.05, 4.69) is 47.1 Å². The molecule has 1 aromatic rings. The molecule has 0 aromatic heterocycles. The third kappa shape index (κ3) is 1.04. The maximum atomic E-state index is 3.46. The van der Waals surface area contributed by atoms with E-state index >= 15 is 0 Å². The van der Waals surface area contributed by atoms with Crippen LogP contribution in [0.5, 0.6) is 0 Å². The van der Waals surface area contributed by atoms with Gasteiger partial charge < -0.3 is 10.6 Å². The zero-order valence-electron chi connectivity index (χ0n) is 7.77. The standard InChI is InChI=1S/C12H12N2/c1-2-7-11-9(5-1)10-6-3-4-8-13-12(10)14-11/h1-8,10,12-14H. The summed E-state index contributed by atoms with van der Waals surface area (Å²) in [5.41, 5.74) is 2.62. The fourth-order valence-corrected chi connectivity index (χ4v) is 2.11. The summed E-state index contributed by atoms with van der Waals surface area (Å²) in [5.74, 6) is 0.446. The van der Waals surface area contributed by atoms with Gasteiger partial charge in [0.1, 0.15) is 6.17 Å². The van der Waals surface area contributed by atoms with Crippen molar-refractivity contribution >= 4 is 5.69 Å². The molecule has 2 atom stereocenters. The van der Waals surface area contributed by atoms with Gasteiger partial charge in [-0.05, 0) is 23.9 Å². The van der Waals surface area contributed by atoms with Crippen molar-refractivity contribution in [2.75, 3.05) is 5.32 Å². The Balaban J connectivity index is 2.06. The quantitative estimate of drug-likeness (QED) is 0.646. The third-order valence-electron chi connectivity index (χ3n) is 2.79. The molecule has 0 fully saturated rings. The second-order valence-electron chi connectivity index (χ2n) is 3.65. The van der Waals surface area contributed by atoms with Crippen LogP contribution in [0.4, 0.5) is 5.69 Å². The number of allylic oxidation sites excluding steroid dienone is 2. The van der Waals surface area contributed by atoms with Crippen molar-refractivity contribution in [2.45, 2.75) is 12.1 Å². The van der Waals surface area contributed by atoms with Crippen molar-refractivity contribution in [1.29, 1.82) is 0 Å². The van der Waals surface area contributed by atoms with Gasteiger partial charge in [-0.3, -0.25) is 0 Å². The highest BCUT2D eigenvalue weighted by atomic mass is 15.1. The maximum Gasteiger partial charge on any atom is 0.107 e. The van der Waals surface area contributed by atoms with Gasteiger partial charge in [-0.15, -0.1) is 0 Å². The van der Waals surface area contributed by atoms with E-state index < -0.39 is 0 Å². The number of hydrogen-bond donors (Lipinski definition) is 2. The molecule has 2 aliphatic heterocycles. The maximum absolute atomic E-state index is 3.46. The molecule has 2 aliphatic rings. The molecule has 0 saturated heterocycles. The van der Waals surface area contributed by atoms with Gasteiger partial charge >= 0.3 is 0 Å². The van der Waals surface area contributed by atoms with Gasteiger partial charge in [0.2, 0.25) is 0 Å². The monoisotopic (exact) mass is 184 g/mol. The Morgan fingerprint density at radius 2 is 2.00 bits per heavy atom. The smallest absolute Gasteiger partial charge is 0.107 e. The van der Waals surface area contributed by atoms with Gasteiger partial charge in [0.25, 0.3) is 0 Å². The van der Waals surface area contributed by atoms with E-state index in [4.69, 9.17) is 0 Å². The fraction of sp³-hybridized carbons (Fsp3) is 0.167. The molecule has 0 spiro atoms. The summed E-state index contributed by atoms with van der Waals surface area (Å²) in [6.07, 6.45) is 8.66. The van der Waals surface area contributed by atoms with Crippen molar-refractivity contribution in [2.24, 2.45) is 0 Å². The summed E-state index contributed by atoms with van der Waals surface area (Å²) in [7, 11) is 0. The van der Waals surface area contributed by atoms with Crippen LogP contribution in [0.25, 0.3) is 0 Å². The molecule has 2 nitrogen and oxygen atoms in total. The van der Waals surface area contributed by atoms with Crippen LogP contribution in [-0.4, -0.2) is 6.17 Å². The van der Waals surface area contributed by atoms with Crippen molar-refractivity contribution < 1.29 is 0 Å². The molecule has 0 amide bonds. The van der Waals surface area contributed by atoms with Crippen LogP contribution in [0.2, 0.25) is 0 Å². The molecular formula is C12H12N2. The van der Waals surface area contributed by atoms with Crippen LogP contribution >= 0.6 is 0 Å². The van der Waals surface area contributed by atoms with E-state index in [1.165, 1.54) is 11.3 Å². The highest BCUT2D eigenvalue weighted by molar-refractivity contribution is 5.60. The fourth-order valence-electron chi connectivity index (χ4n) is 2.11. The summed E-state index contributed by atoms with van der Waals surface area (Å²) in [4.78, 5) is 0. The summed E-state index contributed by atoms with van der Waals surface area (Å²) >= 11 is 0. The minimum absolute atomic E-state index is 0.308. The van der Waals surface area contributed by atoms with Crippen molar-refractivity contribution in [3.05, 3.63) is 54.3 Å². The molecule has 2 heteroatoms. The van der Waals surface area contributed by atoms with E-state index in [-0.39, 0.29) is 0 Å². The first kappa shape index (κ1) is 7.68. The summed E-state index contributed by atoms with van der Waals surface area (Å²) in [6.45, 7) is 0. The normalized spacial score (nSPS) is 27.1. The minimum Gasteiger partial charge on any atom is -0.371 e. The molecule has 2 heterocycles. The number of nitrogens with one attached hydrogen (secondary N) is 2. The second-order valence-corrected chi connectivity index (χ2v) is 3.65. The number of benzene rings is 1. The van der Waals surface area contributed by atoms with E-state index in [0.29, 0.717) is 12.1 Å². The van der Waals surface area contributed by atoms with Gasteiger partial charge in [0.15, 0.2) is 0 Å². The molecule has 2 unspecified atom stereocenters. The average Bonchev–Trinajstić information content (AvgIpc) is 2.42. The Morgan fingerprint density at radius 1 is 1.07 bits per heavy atom. The Labute approximate surface area is 83.3 Å². The molecule has 1 aromatic carbocycles. The van der Waals surface area contributed by atoms with Crippen LogP contribution in [0, 0.1) is 0 Å². The number of anilines is 1. The van der Waals surface area contributed by atoms with Crippen LogP contribution in [0.15, 0.2) is 48.7 Å². The van der Waals surface area contributed by atoms with Crippen LogP contribution in [0.1, 0.15) is 11.5 Å². The minimum atomic E-state index is 0.308. The Kier molecular flexibility index (Phi) is 1.60. The lowest BCUT2D eigenvalue weighted by molar-refractivity contribution is 0.628. The van der Waals surface area contributed by atoms with Crippen molar-refractivity contribution in [3.8, 4) is 0 Å². The van der Waals surface area contributed by atoms with E-state index in [1.807, 2.05) is 12.3 Å². The predicted octanol–water partition coefficient (Wildman–Crippen LogP) is 2.19. The lowest BCUT2D eigenvalue weighted by Gasteiger charge is -2.16. The van der Waals surface area contributed by atoms with E-state index in [9.17, 15) is 0 Å². The largest absolute Gasteiger partial charge is 0.371 e. The van der Waals surface area contributed by atoms with E-state index in [1.54, 1.807) is 0 Å². The van der Waals surface area contributed by atoms with Crippen LogP contribution in [-0.2, 0) is 0 Å². The topological polar surface area (TPSA) is 24.1 Å². The Morgan fingerprint density at radius 3 is 3.00 bits per heavy atom. The molecule has 14 heavy (non-hydrogen) atoms. The second kappa shape index (κ2) is 2.91. The van der Waals surface area contributed by atoms with Crippen molar-refractivity contribution in [1.82, 2.24) is 5.32 Å². The zero-order valence-corrected chi connectivity index (χ0v) is 7.77. The lowest BCUT2D eigenvalue weighted by Crippen LogP contribution is -2.32. The SMILES string of the molecule is C1=CNC2Nc3ccccc3C2C=C1. The third-order valence-corrected chi connectivity index (χ3v) is 2.79. The van der Waals surface area contributed by atoms with Gasteiger partial charge in [0.05, 0.1) is 0 Å². The van der Waals surface area contributed by atoms with Gasteiger partial charge in [-0.2, -0.15) is 0 Å². The molecule has 0 aliphatic carbocycles. The van der Waals surface area contributed by atoms with Crippen molar-refractivity contribution in [3.63, 3.8) is 0 Å². The Bertz CT molecular complexity index is 407. The summed E-state index contributed by atoms with van der Waals surface area (Å²) < 4.78 is 0. The number of rotatable bonds is 0. The molecule has 0 bridgehead atoms. The van der Waals surface area contributed by atoms with Gasteiger partial charge in [-0.25, -0.2) is 0 Å². The molecule has 2 N–H and O–H groups in total. The first-order valence-electron chi connectivity index (χ1n) is 4.90. The molecule has 0 radical (unpaired) electrons. The molecule has 0 saturated carbocycles. The predicted molar refractivity (Wildman–Crippen MR) is 58.0 cm³/mol. The first-order valence-corrected chi connectivity index (χ1v) is 4.90.